The van der Waals surface area contributed by atoms with Crippen LogP contribution in [0.1, 0.15) is 0 Å². The van der Waals surface area contributed by atoms with Crippen LogP contribution in [0.3, 0.4) is 0 Å². The molecule has 0 fully saturated rings. The lowest BCUT2D eigenvalue weighted by Crippen LogP contribution is -2.00. The van der Waals surface area contributed by atoms with Gasteiger partial charge in [-0.2, -0.15) is 0 Å². The smallest absolute Gasteiger partial charge is 0.165 e. The Labute approximate surface area is 330 Å². The van der Waals surface area contributed by atoms with Gasteiger partial charge in [-0.3, -0.25) is 0 Å². The van der Waals surface area contributed by atoms with Gasteiger partial charge in [0.1, 0.15) is 11.2 Å². The Bertz CT molecular complexity index is 3470. The fourth-order valence-electron chi connectivity index (χ4n) is 8.47. The number of aromatic nitrogens is 4. The number of para-hydroxylation sites is 2. The molecule has 8 aromatic carbocycles. The topological polar surface area (TPSA) is 56.7 Å². The second-order valence-electron chi connectivity index (χ2n) is 14.4. The van der Waals surface area contributed by atoms with E-state index in [0.29, 0.717) is 17.5 Å². The molecule has 0 amide bonds. The SMILES string of the molecule is c1ccc(-c2nc(-c3ccc4c(c3)oc3cc(-n5c6ccccc6c6ccccc65)ccc34)nc(-c3cccc4c3sc3cccc(-c5ccccc5)c34)n2)cc1. The van der Waals surface area contributed by atoms with Crippen molar-refractivity contribution in [2.75, 3.05) is 0 Å². The van der Waals surface area contributed by atoms with Crippen LogP contribution in [0.2, 0.25) is 0 Å². The Balaban J connectivity index is 1.02. The third-order valence-corrected chi connectivity index (χ3v) is 12.3. The Hall–Kier alpha value is -7.41. The Morgan fingerprint density at radius 3 is 1.74 bits per heavy atom. The first-order valence-corrected chi connectivity index (χ1v) is 19.8. The molecular formula is C51H30N4OS. The standard InChI is InChI=1S/C51H30N4OS/c1-3-13-31(14-4-1)35-19-12-24-46-47(35)40-20-11-21-41(48(40)57-46)51-53-49(32-15-5-2-6-16-32)52-50(54-51)33-25-27-38-39-28-26-34(30-45(39)56-44(38)29-33)55-42-22-9-7-17-36(42)37-18-8-10-23-43(37)55/h1-30H. The lowest BCUT2D eigenvalue weighted by Gasteiger charge is -2.09. The van der Waals surface area contributed by atoms with Crippen LogP contribution >= 0.6 is 11.3 Å². The van der Waals surface area contributed by atoms with Gasteiger partial charge >= 0.3 is 0 Å². The maximum Gasteiger partial charge on any atom is 0.165 e. The summed E-state index contributed by atoms with van der Waals surface area (Å²) >= 11 is 1.78. The number of benzene rings is 8. The van der Waals surface area contributed by atoms with Gasteiger partial charge in [0.05, 0.1) is 11.0 Å². The first-order valence-electron chi connectivity index (χ1n) is 19.0. The maximum absolute atomic E-state index is 6.66. The van der Waals surface area contributed by atoms with Gasteiger partial charge in [0, 0.05) is 70.2 Å². The average Bonchev–Trinajstić information content (AvgIpc) is 3.96. The fraction of sp³-hybridized carbons (Fsp3) is 0. The van der Waals surface area contributed by atoms with Gasteiger partial charge in [0.15, 0.2) is 17.5 Å². The number of hydrogen-bond donors (Lipinski definition) is 0. The van der Waals surface area contributed by atoms with Crippen LogP contribution in [0.15, 0.2) is 186 Å². The van der Waals surface area contributed by atoms with E-state index in [2.05, 4.69) is 156 Å². The van der Waals surface area contributed by atoms with Gasteiger partial charge in [-0.25, -0.2) is 15.0 Å². The monoisotopic (exact) mass is 746 g/mol. The molecule has 12 rings (SSSR count). The van der Waals surface area contributed by atoms with Gasteiger partial charge in [-0.05, 0) is 59.7 Å². The normalized spacial score (nSPS) is 11.9. The van der Waals surface area contributed by atoms with Gasteiger partial charge in [0.2, 0.25) is 0 Å². The highest BCUT2D eigenvalue weighted by atomic mass is 32.1. The highest BCUT2D eigenvalue weighted by molar-refractivity contribution is 7.26. The third-order valence-electron chi connectivity index (χ3n) is 11.1. The zero-order chi connectivity index (χ0) is 37.5. The molecule has 6 heteroatoms. The molecule has 0 bridgehead atoms. The van der Waals surface area contributed by atoms with E-state index in [4.69, 9.17) is 19.4 Å². The number of rotatable bonds is 5. The van der Waals surface area contributed by atoms with E-state index >= 15 is 0 Å². The second kappa shape index (κ2) is 12.6. The van der Waals surface area contributed by atoms with Crippen LogP contribution in [0.25, 0.3) is 115 Å². The maximum atomic E-state index is 6.66. The van der Waals surface area contributed by atoms with Gasteiger partial charge in [-0.15, -0.1) is 11.3 Å². The Morgan fingerprint density at radius 2 is 0.982 bits per heavy atom. The summed E-state index contributed by atoms with van der Waals surface area (Å²) < 4.78 is 11.4. The number of furan rings is 1. The summed E-state index contributed by atoms with van der Waals surface area (Å²) in [7, 11) is 0. The summed E-state index contributed by atoms with van der Waals surface area (Å²) in [6.07, 6.45) is 0. The molecule has 0 saturated carbocycles. The van der Waals surface area contributed by atoms with Gasteiger partial charge < -0.3 is 8.98 Å². The van der Waals surface area contributed by atoms with E-state index in [0.717, 1.165) is 49.0 Å². The average molecular weight is 747 g/mol. The van der Waals surface area contributed by atoms with Gasteiger partial charge in [-0.1, -0.05) is 127 Å². The van der Waals surface area contributed by atoms with E-state index < -0.39 is 0 Å². The number of nitrogens with zero attached hydrogens (tertiary/aromatic N) is 4. The van der Waals surface area contributed by atoms with Crippen LogP contribution < -0.4 is 0 Å². The molecule has 0 spiro atoms. The van der Waals surface area contributed by atoms with Crippen LogP contribution in [0.5, 0.6) is 0 Å². The van der Waals surface area contributed by atoms with Crippen molar-refractivity contribution in [2.24, 2.45) is 0 Å². The van der Waals surface area contributed by atoms with Crippen molar-refractivity contribution in [1.29, 1.82) is 0 Å². The summed E-state index contributed by atoms with van der Waals surface area (Å²) in [4.78, 5) is 15.4. The lowest BCUT2D eigenvalue weighted by atomic mass is 9.99. The van der Waals surface area contributed by atoms with Crippen LogP contribution in [-0.2, 0) is 0 Å². The number of fused-ring (bicyclic) bond motifs is 9. The summed E-state index contributed by atoms with van der Waals surface area (Å²) in [5.41, 5.74) is 10.2. The lowest BCUT2D eigenvalue weighted by molar-refractivity contribution is 0.668. The largest absolute Gasteiger partial charge is 0.456 e. The van der Waals surface area contributed by atoms with Gasteiger partial charge in [0.25, 0.3) is 0 Å². The molecule has 12 aromatic rings. The molecule has 4 aromatic heterocycles. The minimum absolute atomic E-state index is 0.593. The molecule has 0 aliphatic rings. The molecule has 0 aliphatic heterocycles. The molecule has 4 heterocycles. The molecule has 0 saturated heterocycles. The molecule has 0 N–H and O–H groups in total. The zero-order valence-electron chi connectivity index (χ0n) is 30.4. The van der Waals surface area contributed by atoms with Crippen molar-refractivity contribution in [3.05, 3.63) is 182 Å². The van der Waals surface area contributed by atoms with Crippen molar-refractivity contribution in [2.45, 2.75) is 0 Å². The highest BCUT2D eigenvalue weighted by Crippen LogP contribution is 2.44. The van der Waals surface area contributed by atoms with Crippen LogP contribution in [-0.4, -0.2) is 19.5 Å². The van der Waals surface area contributed by atoms with Crippen molar-refractivity contribution in [3.63, 3.8) is 0 Å². The minimum Gasteiger partial charge on any atom is -0.456 e. The third kappa shape index (κ3) is 5.04. The number of hydrogen-bond acceptors (Lipinski definition) is 5. The predicted octanol–water partition coefficient (Wildman–Crippen LogP) is 13.9. The Kier molecular flexibility index (Phi) is 7.03. The first kappa shape index (κ1) is 31.9. The van der Waals surface area contributed by atoms with E-state index in [-0.39, 0.29) is 0 Å². The van der Waals surface area contributed by atoms with Crippen LogP contribution in [0, 0.1) is 0 Å². The fourth-order valence-corrected chi connectivity index (χ4v) is 9.71. The summed E-state index contributed by atoms with van der Waals surface area (Å²) in [6, 6.07) is 63.7. The van der Waals surface area contributed by atoms with Crippen molar-refractivity contribution >= 4 is 75.3 Å². The van der Waals surface area contributed by atoms with Crippen molar-refractivity contribution in [1.82, 2.24) is 19.5 Å². The molecule has 0 unspecified atom stereocenters. The van der Waals surface area contributed by atoms with E-state index in [9.17, 15) is 0 Å². The molecule has 0 aliphatic carbocycles. The second-order valence-corrected chi connectivity index (χ2v) is 15.4. The molecule has 0 atom stereocenters. The number of thiophene rings is 1. The molecule has 57 heavy (non-hydrogen) atoms. The van der Waals surface area contributed by atoms with Crippen molar-refractivity contribution in [3.8, 4) is 51.0 Å². The zero-order valence-corrected chi connectivity index (χ0v) is 31.2. The molecular weight excluding hydrogens is 717 g/mol. The van der Waals surface area contributed by atoms with Crippen LogP contribution in [0.4, 0.5) is 0 Å². The Morgan fingerprint density at radius 1 is 0.404 bits per heavy atom. The summed E-state index contributed by atoms with van der Waals surface area (Å²) in [5.74, 6) is 1.85. The molecule has 5 nitrogen and oxygen atoms in total. The molecule has 266 valence electrons. The van der Waals surface area contributed by atoms with E-state index in [1.165, 1.54) is 48.4 Å². The highest BCUT2D eigenvalue weighted by Gasteiger charge is 2.20. The summed E-state index contributed by atoms with van der Waals surface area (Å²) in [6.45, 7) is 0. The summed E-state index contributed by atoms with van der Waals surface area (Å²) in [5, 5.41) is 7.01. The minimum atomic E-state index is 0.593. The quantitative estimate of drug-likeness (QED) is 0.176. The van der Waals surface area contributed by atoms with Crippen molar-refractivity contribution < 1.29 is 4.42 Å². The van der Waals surface area contributed by atoms with E-state index in [1.807, 2.05) is 30.3 Å². The van der Waals surface area contributed by atoms with E-state index in [1.54, 1.807) is 11.3 Å². The first-order chi connectivity index (χ1) is 28.2. The predicted molar refractivity (Wildman–Crippen MR) is 236 cm³/mol. The molecule has 0 radical (unpaired) electrons.